The molecule has 1 aromatic heterocycles. The maximum Gasteiger partial charge on any atom is 0.147 e. The van der Waals surface area contributed by atoms with Crippen molar-refractivity contribution in [1.29, 1.82) is 5.41 Å². The van der Waals surface area contributed by atoms with E-state index in [2.05, 4.69) is 42.6 Å². The lowest BCUT2D eigenvalue weighted by atomic mass is 10.1. The molecule has 100 valence electrons. The van der Waals surface area contributed by atoms with E-state index in [1.807, 2.05) is 0 Å². The molecule has 1 aromatic rings. The van der Waals surface area contributed by atoms with Crippen LogP contribution in [0.2, 0.25) is 0 Å². The smallest absolute Gasteiger partial charge is 0.147 e. The largest absolute Gasteiger partial charge is 0.382 e. The molecule has 1 heterocycles. The first kappa shape index (κ1) is 14.4. The summed E-state index contributed by atoms with van der Waals surface area (Å²) in [4.78, 5) is 10.7. The van der Waals surface area contributed by atoms with Crippen LogP contribution in [0.1, 0.15) is 33.4 Å². The number of anilines is 1. The third kappa shape index (κ3) is 4.31. The lowest BCUT2D eigenvalue weighted by Crippen LogP contribution is -2.32. The SMILES string of the molecule is CC(C)CN(CC(C)C)c1cnc(C(=N)N)cn1. The summed E-state index contributed by atoms with van der Waals surface area (Å²) in [6.45, 7) is 10.6. The molecule has 5 heteroatoms. The van der Waals surface area contributed by atoms with Gasteiger partial charge in [0.15, 0.2) is 0 Å². The molecule has 0 aliphatic rings. The molecule has 18 heavy (non-hydrogen) atoms. The zero-order chi connectivity index (χ0) is 13.7. The van der Waals surface area contributed by atoms with Gasteiger partial charge in [0.1, 0.15) is 17.3 Å². The van der Waals surface area contributed by atoms with Crippen molar-refractivity contribution in [2.75, 3.05) is 18.0 Å². The Labute approximate surface area is 109 Å². The van der Waals surface area contributed by atoms with Gasteiger partial charge < -0.3 is 10.6 Å². The molecule has 0 atom stereocenters. The second-order valence-electron chi connectivity index (χ2n) is 5.37. The number of amidine groups is 1. The fraction of sp³-hybridized carbons (Fsp3) is 0.615. The number of nitrogen functional groups attached to an aromatic ring is 1. The highest BCUT2D eigenvalue weighted by Crippen LogP contribution is 2.13. The highest BCUT2D eigenvalue weighted by molar-refractivity contribution is 5.92. The molecule has 3 N–H and O–H groups in total. The number of hydrogen-bond acceptors (Lipinski definition) is 4. The van der Waals surface area contributed by atoms with E-state index in [1.165, 1.54) is 0 Å². The van der Waals surface area contributed by atoms with Gasteiger partial charge in [-0.05, 0) is 11.8 Å². The van der Waals surface area contributed by atoms with Gasteiger partial charge in [0.2, 0.25) is 0 Å². The highest BCUT2D eigenvalue weighted by atomic mass is 15.2. The first-order valence-electron chi connectivity index (χ1n) is 6.31. The third-order valence-electron chi connectivity index (χ3n) is 2.41. The minimum atomic E-state index is -0.0479. The van der Waals surface area contributed by atoms with Crippen LogP contribution >= 0.6 is 0 Å². The van der Waals surface area contributed by atoms with Crippen LogP contribution in [0.25, 0.3) is 0 Å². The molecule has 0 aliphatic heterocycles. The second kappa shape index (κ2) is 6.33. The molecule has 0 aliphatic carbocycles. The zero-order valence-electron chi connectivity index (χ0n) is 11.6. The monoisotopic (exact) mass is 249 g/mol. The van der Waals surface area contributed by atoms with Crippen LogP contribution in [0.5, 0.6) is 0 Å². The summed E-state index contributed by atoms with van der Waals surface area (Å²) in [5.74, 6) is 1.94. The van der Waals surface area contributed by atoms with E-state index < -0.39 is 0 Å². The Balaban J connectivity index is 2.87. The average molecular weight is 249 g/mol. The van der Waals surface area contributed by atoms with E-state index >= 15 is 0 Å². The summed E-state index contributed by atoms with van der Waals surface area (Å²) >= 11 is 0. The Hall–Kier alpha value is -1.65. The summed E-state index contributed by atoms with van der Waals surface area (Å²) in [5, 5.41) is 7.30. The molecule has 0 bridgehead atoms. The second-order valence-corrected chi connectivity index (χ2v) is 5.37. The molecule has 0 spiro atoms. The van der Waals surface area contributed by atoms with Gasteiger partial charge in [-0.1, -0.05) is 27.7 Å². The fourth-order valence-corrected chi connectivity index (χ4v) is 1.77. The molecule has 0 saturated heterocycles. The number of nitrogens with two attached hydrogens (primary N) is 1. The van der Waals surface area contributed by atoms with Crippen molar-refractivity contribution in [3.63, 3.8) is 0 Å². The van der Waals surface area contributed by atoms with E-state index in [1.54, 1.807) is 12.4 Å². The molecule has 0 unspecified atom stereocenters. The van der Waals surface area contributed by atoms with Gasteiger partial charge in [-0.3, -0.25) is 5.41 Å². The van der Waals surface area contributed by atoms with Crippen LogP contribution in [-0.2, 0) is 0 Å². The van der Waals surface area contributed by atoms with E-state index in [0.29, 0.717) is 17.5 Å². The molecule has 0 aromatic carbocycles. The lowest BCUT2D eigenvalue weighted by Gasteiger charge is -2.27. The van der Waals surface area contributed by atoms with Crippen LogP contribution in [0.15, 0.2) is 12.4 Å². The highest BCUT2D eigenvalue weighted by Gasteiger charge is 2.12. The predicted octanol–water partition coefficient (Wildman–Crippen LogP) is 1.88. The molecular weight excluding hydrogens is 226 g/mol. The minimum Gasteiger partial charge on any atom is -0.382 e. The molecule has 1 rings (SSSR count). The van der Waals surface area contributed by atoms with Crippen molar-refractivity contribution in [2.45, 2.75) is 27.7 Å². The van der Waals surface area contributed by atoms with Gasteiger partial charge in [-0.15, -0.1) is 0 Å². The van der Waals surface area contributed by atoms with Crippen molar-refractivity contribution in [1.82, 2.24) is 9.97 Å². The van der Waals surface area contributed by atoms with Gasteiger partial charge in [0.05, 0.1) is 12.4 Å². The summed E-state index contributed by atoms with van der Waals surface area (Å²) in [5.41, 5.74) is 5.79. The van der Waals surface area contributed by atoms with Crippen molar-refractivity contribution >= 4 is 11.7 Å². The molecule has 0 saturated carbocycles. The minimum absolute atomic E-state index is 0.0479. The van der Waals surface area contributed by atoms with Crippen LogP contribution in [0.3, 0.4) is 0 Å². The van der Waals surface area contributed by atoms with Gasteiger partial charge in [0, 0.05) is 13.1 Å². The average Bonchev–Trinajstić information content (AvgIpc) is 2.27. The van der Waals surface area contributed by atoms with Crippen molar-refractivity contribution in [2.24, 2.45) is 17.6 Å². The molecule has 0 amide bonds. The van der Waals surface area contributed by atoms with E-state index in [9.17, 15) is 0 Å². The molecular formula is C13H23N5. The van der Waals surface area contributed by atoms with Gasteiger partial charge >= 0.3 is 0 Å². The first-order chi connectivity index (χ1) is 8.40. The van der Waals surface area contributed by atoms with Gasteiger partial charge in [0.25, 0.3) is 0 Å². The van der Waals surface area contributed by atoms with Crippen LogP contribution in [-0.4, -0.2) is 28.9 Å². The molecule has 0 fully saturated rings. The zero-order valence-corrected chi connectivity index (χ0v) is 11.6. The van der Waals surface area contributed by atoms with Crippen molar-refractivity contribution in [3.8, 4) is 0 Å². The van der Waals surface area contributed by atoms with Crippen LogP contribution < -0.4 is 10.6 Å². The van der Waals surface area contributed by atoms with E-state index in [-0.39, 0.29) is 5.84 Å². The van der Waals surface area contributed by atoms with Crippen LogP contribution in [0, 0.1) is 17.2 Å². The lowest BCUT2D eigenvalue weighted by molar-refractivity contribution is 0.548. The Kier molecular flexibility index (Phi) is 5.07. The summed E-state index contributed by atoms with van der Waals surface area (Å²) in [6.07, 6.45) is 3.26. The Morgan fingerprint density at radius 2 is 1.72 bits per heavy atom. The maximum atomic E-state index is 7.30. The number of nitrogens with zero attached hydrogens (tertiary/aromatic N) is 3. The standard InChI is InChI=1S/C13H23N5/c1-9(2)7-18(8-10(3)4)12-6-16-11(5-17-12)13(14)15/h5-6,9-10H,7-8H2,1-4H3,(H3,14,15). The summed E-state index contributed by atoms with van der Waals surface area (Å²) < 4.78 is 0. The number of nitrogens with one attached hydrogen (secondary N) is 1. The number of aromatic nitrogens is 2. The van der Waals surface area contributed by atoms with Gasteiger partial charge in [-0.25, -0.2) is 9.97 Å². The quantitative estimate of drug-likeness (QED) is 0.596. The molecule has 0 radical (unpaired) electrons. The topological polar surface area (TPSA) is 78.9 Å². The Bertz CT molecular complexity index is 373. The Morgan fingerprint density at radius 1 is 1.17 bits per heavy atom. The maximum absolute atomic E-state index is 7.30. The van der Waals surface area contributed by atoms with Crippen molar-refractivity contribution in [3.05, 3.63) is 18.1 Å². The van der Waals surface area contributed by atoms with E-state index in [4.69, 9.17) is 11.1 Å². The fourth-order valence-electron chi connectivity index (χ4n) is 1.77. The van der Waals surface area contributed by atoms with Crippen molar-refractivity contribution < 1.29 is 0 Å². The van der Waals surface area contributed by atoms with Crippen LogP contribution in [0.4, 0.5) is 5.82 Å². The first-order valence-corrected chi connectivity index (χ1v) is 6.31. The Morgan fingerprint density at radius 3 is 2.06 bits per heavy atom. The summed E-state index contributed by atoms with van der Waals surface area (Å²) in [6, 6.07) is 0. The predicted molar refractivity (Wildman–Crippen MR) is 74.9 cm³/mol. The third-order valence-corrected chi connectivity index (χ3v) is 2.41. The summed E-state index contributed by atoms with van der Waals surface area (Å²) in [7, 11) is 0. The number of hydrogen-bond donors (Lipinski definition) is 2. The molecule has 5 nitrogen and oxygen atoms in total. The van der Waals surface area contributed by atoms with Gasteiger partial charge in [-0.2, -0.15) is 0 Å². The number of rotatable bonds is 6. The van der Waals surface area contributed by atoms with E-state index in [0.717, 1.165) is 18.9 Å². The normalized spacial score (nSPS) is 11.0.